The molecule has 0 aromatic carbocycles. The lowest BCUT2D eigenvalue weighted by atomic mass is 10.2. The summed E-state index contributed by atoms with van der Waals surface area (Å²) >= 11 is 0. The van der Waals surface area contributed by atoms with Gasteiger partial charge in [-0.15, -0.1) is 0 Å². The molecule has 0 atom stereocenters. The number of carbonyl (C=O) groups is 1. The maximum absolute atomic E-state index is 13.0. The number of anilines is 1. The summed E-state index contributed by atoms with van der Waals surface area (Å²) in [7, 11) is 4.06. The molecule has 0 saturated heterocycles. The Morgan fingerprint density at radius 2 is 2.05 bits per heavy atom. The van der Waals surface area contributed by atoms with Gasteiger partial charge in [-0.3, -0.25) is 9.48 Å². The van der Waals surface area contributed by atoms with Gasteiger partial charge in [-0.25, -0.2) is 0 Å². The van der Waals surface area contributed by atoms with Gasteiger partial charge >= 0.3 is 0 Å². The molecule has 0 spiro atoms. The zero-order chi connectivity index (χ0) is 15.4. The molecule has 6 nitrogen and oxygen atoms in total. The Morgan fingerprint density at radius 3 is 2.62 bits per heavy atom. The van der Waals surface area contributed by atoms with Crippen molar-refractivity contribution >= 4 is 11.6 Å². The van der Waals surface area contributed by atoms with Crippen LogP contribution < -0.4 is 5.73 Å². The number of hydrogen-bond donors (Lipinski definition) is 1. The maximum atomic E-state index is 13.0. The molecule has 0 unspecified atom stereocenters. The summed E-state index contributed by atoms with van der Waals surface area (Å²) in [5.74, 6) is 0.0283. The second kappa shape index (κ2) is 6.93. The molecule has 1 saturated carbocycles. The molecule has 0 aliphatic heterocycles. The van der Waals surface area contributed by atoms with Crippen molar-refractivity contribution in [2.75, 3.05) is 32.9 Å². The number of nitrogens with zero attached hydrogens (tertiary/aromatic N) is 4. The summed E-state index contributed by atoms with van der Waals surface area (Å²) in [5, 5.41) is 4.19. The number of hydrogen-bond acceptors (Lipinski definition) is 4. The minimum atomic E-state index is 0.0283. The van der Waals surface area contributed by atoms with Crippen LogP contribution >= 0.6 is 0 Å². The zero-order valence-corrected chi connectivity index (χ0v) is 13.4. The predicted molar refractivity (Wildman–Crippen MR) is 84.2 cm³/mol. The molecular formula is C15H27N5O. The molecule has 2 N–H and O–H groups in total. The normalized spacial score (nSPS) is 15.8. The van der Waals surface area contributed by atoms with Gasteiger partial charge in [-0.1, -0.05) is 12.8 Å². The fourth-order valence-electron chi connectivity index (χ4n) is 2.98. The topological polar surface area (TPSA) is 67.4 Å². The highest BCUT2D eigenvalue weighted by molar-refractivity contribution is 5.97. The molecule has 1 amide bonds. The number of likely N-dealkylation sites (N-methyl/N-ethyl adjacent to an activating group) is 1. The van der Waals surface area contributed by atoms with Gasteiger partial charge in [0.15, 0.2) is 0 Å². The number of rotatable bonds is 6. The van der Waals surface area contributed by atoms with Crippen molar-refractivity contribution in [3.63, 3.8) is 0 Å². The average molecular weight is 293 g/mol. The molecule has 118 valence electrons. The second-order valence-electron chi connectivity index (χ2n) is 6.00. The molecule has 1 heterocycles. The molecule has 1 aliphatic carbocycles. The molecule has 0 bridgehead atoms. The first-order valence-corrected chi connectivity index (χ1v) is 7.81. The highest BCUT2D eigenvalue weighted by Gasteiger charge is 2.30. The smallest absolute Gasteiger partial charge is 0.274 e. The van der Waals surface area contributed by atoms with Gasteiger partial charge in [0.1, 0.15) is 5.69 Å². The highest BCUT2D eigenvalue weighted by atomic mass is 16.2. The lowest BCUT2D eigenvalue weighted by molar-refractivity contribution is 0.0656. The van der Waals surface area contributed by atoms with Crippen LogP contribution in [-0.2, 0) is 6.54 Å². The number of nitrogen functional groups attached to an aromatic ring is 1. The van der Waals surface area contributed by atoms with E-state index in [2.05, 4.69) is 10.00 Å². The summed E-state index contributed by atoms with van der Waals surface area (Å²) in [6.07, 6.45) is 6.19. The standard InChI is InChI=1S/C15H27N5O/c1-4-20-14(13(16)11-17-20)15(21)19(10-9-18(2)3)12-7-5-6-8-12/h11-12H,4-10,16H2,1-3H3. The minimum absolute atomic E-state index is 0.0283. The lowest BCUT2D eigenvalue weighted by Gasteiger charge is -2.30. The zero-order valence-electron chi connectivity index (χ0n) is 13.4. The molecule has 2 rings (SSSR count). The van der Waals surface area contributed by atoms with Crippen LogP contribution in [0.4, 0.5) is 5.69 Å². The Hall–Kier alpha value is -1.56. The Morgan fingerprint density at radius 1 is 1.38 bits per heavy atom. The minimum Gasteiger partial charge on any atom is -0.396 e. The van der Waals surface area contributed by atoms with Gasteiger partial charge < -0.3 is 15.5 Å². The van der Waals surface area contributed by atoms with Crippen molar-refractivity contribution < 1.29 is 4.79 Å². The molecule has 1 aromatic heterocycles. The highest BCUT2D eigenvalue weighted by Crippen LogP contribution is 2.26. The van der Waals surface area contributed by atoms with E-state index in [9.17, 15) is 4.79 Å². The summed E-state index contributed by atoms with van der Waals surface area (Å²) in [4.78, 5) is 17.1. The van der Waals surface area contributed by atoms with Crippen LogP contribution in [0, 0.1) is 0 Å². The number of carbonyl (C=O) groups excluding carboxylic acids is 1. The van der Waals surface area contributed by atoms with Gasteiger partial charge in [0.05, 0.1) is 11.9 Å². The van der Waals surface area contributed by atoms with E-state index in [1.807, 2.05) is 25.9 Å². The van der Waals surface area contributed by atoms with Crippen molar-refractivity contribution in [3.8, 4) is 0 Å². The molecule has 1 fully saturated rings. The van der Waals surface area contributed by atoms with Crippen LogP contribution in [0.5, 0.6) is 0 Å². The van der Waals surface area contributed by atoms with Gasteiger partial charge in [-0.2, -0.15) is 5.10 Å². The third-order valence-corrected chi connectivity index (χ3v) is 4.18. The molecule has 0 radical (unpaired) electrons. The summed E-state index contributed by atoms with van der Waals surface area (Å²) < 4.78 is 1.70. The summed E-state index contributed by atoms with van der Waals surface area (Å²) in [5.41, 5.74) is 6.99. The molecule has 6 heteroatoms. The lowest BCUT2D eigenvalue weighted by Crippen LogP contribution is -2.43. The van der Waals surface area contributed by atoms with Gasteiger partial charge in [0.2, 0.25) is 0 Å². The molecule has 1 aliphatic rings. The van der Waals surface area contributed by atoms with E-state index >= 15 is 0 Å². The van der Waals surface area contributed by atoms with E-state index in [1.165, 1.54) is 12.8 Å². The Kier molecular flexibility index (Phi) is 5.22. The number of aromatic nitrogens is 2. The van der Waals surface area contributed by atoms with Crippen LogP contribution in [0.1, 0.15) is 43.1 Å². The van der Waals surface area contributed by atoms with Crippen LogP contribution in [0.25, 0.3) is 0 Å². The van der Waals surface area contributed by atoms with Crippen molar-refractivity contribution in [1.82, 2.24) is 19.6 Å². The fraction of sp³-hybridized carbons (Fsp3) is 0.733. The molecule has 21 heavy (non-hydrogen) atoms. The van der Waals surface area contributed by atoms with Crippen LogP contribution in [0.15, 0.2) is 6.20 Å². The first kappa shape index (κ1) is 15.8. The molecule has 1 aromatic rings. The van der Waals surface area contributed by atoms with Crippen LogP contribution in [-0.4, -0.2) is 58.7 Å². The van der Waals surface area contributed by atoms with Crippen LogP contribution in [0.2, 0.25) is 0 Å². The number of amides is 1. The monoisotopic (exact) mass is 293 g/mol. The number of nitrogens with two attached hydrogens (primary N) is 1. The fourth-order valence-corrected chi connectivity index (χ4v) is 2.98. The van der Waals surface area contributed by atoms with Crippen molar-refractivity contribution in [3.05, 3.63) is 11.9 Å². The van der Waals surface area contributed by atoms with Gasteiger partial charge in [-0.05, 0) is 33.9 Å². The van der Waals surface area contributed by atoms with Gasteiger partial charge in [0, 0.05) is 25.7 Å². The third-order valence-electron chi connectivity index (χ3n) is 4.18. The summed E-state index contributed by atoms with van der Waals surface area (Å²) in [6.45, 7) is 4.24. The van der Waals surface area contributed by atoms with E-state index in [1.54, 1.807) is 10.9 Å². The Bertz CT molecular complexity index is 476. The van der Waals surface area contributed by atoms with Crippen molar-refractivity contribution in [1.29, 1.82) is 0 Å². The van der Waals surface area contributed by atoms with Gasteiger partial charge in [0.25, 0.3) is 5.91 Å². The van der Waals surface area contributed by atoms with E-state index in [-0.39, 0.29) is 5.91 Å². The SMILES string of the molecule is CCn1ncc(N)c1C(=O)N(CCN(C)C)C1CCCC1. The first-order chi connectivity index (χ1) is 10.0. The summed E-state index contributed by atoms with van der Waals surface area (Å²) in [6, 6.07) is 0.344. The van der Waals surface area contributed by atoms with E-state index in [0.717, 1.165) is 25.9 Å². The Balaban J connectivity index is 2.21. The van der Waals surface area contributed by atoms with E-state index < -0.39 is 0 Å². The quantitative estimate of drug-likeness (QED) is 0.861. The first-order valence-electron chi connectivity index (χ1n) is 7.81. The van der Waals surface area contributed by atoms with Crippen LogP contribution in [0.3, 0.4) is 0 Å². The van der Waals surface area contributed by atoms with Crippen molar-refractivity contribution in [2.24, 2.45) is 0 Å². The van der Waals surface area contributed by atoms with E-state index in [4.69, 9.17) is 5.73 Å². The largest absolute Gasteiger partial charge is 0.396 e. The average Bonchev–Trinajstić information content (AvgIpc) is 3.07. The predicted octanol–water partition coefficient (Wildman–Crippen LogP) is 1.43. The third kappa shape index (κ3) is 3.56. The Labute approximate surface area is 126 Å². The second-order valence-corrected chi connectivity index (χ2v) is 6.00. The number of aryl methyl sites for hydroxylation is 1. The molecular weight excluding hydrogens is 266 g/mol. The van der Waals surface area contributed by atoms with Crippen molar-refractivity contribution in [2.45, 2.75) is 45.2 Å². The maximum Gasteiger partial charge on any atom is 0.274 e. The van der Waals surface area contributed by atoms with E-state index in [0.29, 0.717) is 24.0 Å².